The summed E-state index contributed by atoms with van der Waals surface area (Å²) >= 11 is 0. The molecule has 1 heteroatoms. The highest BCUT2D eigenvalue weighted by atomic mass is 16.1. The van der Waals surface area contributed by atoms with E-state index < -0.39 is 0 Å². The summed E-state index contributed by atoms with van der Waals surface area (Å²) in [5, 5.41) is 0. The maximum Gasteiger partial charge on any atom is 0.136 e. The van der Waals surface area contributed by atoms with Crippen molar-refractivity contribution in [3.05, 3.63) is 35.4 Å². The van der Waals surface area contributed by atoms with Crippen LogP contribution >= 0.6 is 0 Å². The van der Waals surface area contributed by atoms with Gasteiger partial charge >= 0.3 is 0 Å². The molecule has 1 nitrogen and oxygen atoms in total. The third-order valence-electron chi connectivity index (χ3n) is 4.75. The first-order chi connectivity index (χ1) is 8.84. The number of aryl methyl sites for hydroxylation is 1. The molecule has 0 radical (unpaired) electrons. The standard InChI is InChI=1S/C17H22O/c18-17(14-7-1-2-8-14)12-15-10-5-9-13-6-3-4-11-16(13)15/h3-4,6,11,14-15H,1-2,5,7-10,12H2. The lowest BCUT2D eigenvalue weighted by atomic mass is 9.79. The number of carbonyl (C=O) groups is 1. The van der Waals surface area contributed by atoms with Crippen molar-refractivity contribution in [1.29, 1.82) is 0 Å². The minimum absolute atomic E-state index is 0.388. The van der Waals surface area contributed by atoms with Crippen molar-refractivity contribution in [3.8, 4) is 0 Å². The van der Waals surface area contributed by atoms with Crippen molar-refractivity contribution >= 4 is 5.78 Å². The molecular weight excluding hydrogens is 220 g/mol. The van der Waals surface area contributed by atoms with Crippen molar-refractivity contribution in [3.63, 3.8) is 0 Å². The maximum absolute atomic E-state index is 12.3. The van der Waals surface area contributed by atoms with Gasteiger partial charge in [0.25, 0.3) is 0 Å². The van der Waals surface area contributed by atoms with Crippen molar-refractivity contribution in [2.24, 2.45) is 5.92 Å². The van der Waals surface area contributed by atoms with Crippen molar-refractivity contribution < 1.29 is 4.79 Å². The number of hydrogen-bond acceptors (Lipinski definition) is 1. The monoisotopic (exact) mass is 242 g/mol. The van der Waals surface area contributed by atoms with E-state index in [2.05, 4.69) is 24.3 Å². The molecule has 96 valence electrons. The van der Waals surface area contributed by atoms with Crippen LogP contribution in [0.2, 0.25) is 0 Å². The summed E-state index contributed by atoms with van der Waals surface area (Å²) in [4.78, 5) is 12.3. The normalized spacial score (nSPS) is 23.9. The molecule has 0 N–H and O–H groups in total. The molecule has 1 fully saturated rings. The quantitative estimate of drug-likeness (QED) is 0.774. The molecule has 1 unspecified atom stereocenters. The molecule has 3 rings (SSSR count). The largest absolute Gasteiger partial charge is 0.299 e. The molecule has 0 aromatic heterocycles. The fourth-order valence-electron chi connectivity index (χ4n) is 3.72. The SMILES string of the molecule is O=C(CC1CCCc2ccccc21)C1CCCC1. The van der Waals surface area contributed by atoms with E-state index >= 15 is 0 Å². The minimum atomic E-state index is 0.388. The van der Waals surface area contributed by atoms with Gasteiger partial charge in [-0.1, -0.05) is 37.1 Å². The first kappa shape index (κ1) is 12.0. The summed E-state index contributed by atoms with van der Waals surface area (Å²) in [6, 6.07) is 8.72. The highest BCUT2D eigenvalue weighted by molar-refractivity contribution is 5.82. The second-order valence-electron chi connectivity index (χ2n) is 5.94. The molecule has 0 aliphatic heterocycles. The highest BCUT2D eigenvalue weighted by Crippen LogP contribution is 2.36. The van der Waals surface area contributed by atoms with Crippen molar-refractivity contribution in [1.82, 2.24) is 0 Å². The van der Waals surface area contributed by atoms with Gasteiger partial charge in [-0.3, -0.25) is 4.79 Å². The Labute approximate surface area is 110 Å². The zero-order chi connectivity index (χ0) is 12.4. The Balaban J connectivity index is 1.72. The Hall–Kier alpha value is -1.11. The number of ketones is 1. The highest BCUT2D eigenvalue weighted by Gasteiger charge is 2.27. The van der Waals surface area contributed by atoms with Gasteiger partial charge in [-0.15, -0.1) is 0 Å². The number of Topliss-reactive ketones (excluding diaryl/α,β-unsaturated/α-hetero) is 1. The van der Waals surface area contributed by atoms with Crippen LogP contribution in [0.3, 0.4) is 0 Å². The average molecular weight is 242 g/mol. The van der Waals surface area contributed by atoms with Crippen LogP contribution in [0.4, 0.5) is 0 Å². The van der Waals surface area contributed by atoms with Gasteiger partial charge in [0.1, 0.15) is 5.78 Å². The zero-order valence-corrected chi connectivity index (χ0v) is 11.0. The number of carbonyl (C=O) groups excluding carboxylic acids is 1. The van der Waals surface area contributed by atoms with Crippen LogP contribution < -0.4 is 0 Å². The molecule has 1 saturated carbocycles. The van der Waals surface area contributed by atoms with Gasteiger partial charge in [0.2, 0.25) is 0 Å². The number of hydrogen-bond donors (Lipinski definition) is 0. The van der Waals surface area contributed by atoms with E-state index in [9.17, 15) is 4.79 Å². The van der Waals surface area contributed by atoms with E-state index in [0.717, 1.165) is 19.3 Å². The fourth-order valence-corrected chi connectivity index (χ4v) is 3.72. The van der Waals surface area contributed by atoms with Gasteiger partial charge < -0.3 is 0 Å². The smallest absolute Gasteiger partial charge is 0.136 e. The molecule has 0 saturated heterocycles. The molecule has 1 atom stereocenters. The van der Waals surface area contributed by atoms with Gasteiger partial charge in [-0.25, -0.2) is 0 Å². The Morgan fingerprint density at radius 2 is 1.83 bits per heavy atom. The molecule has 0 bridgehead atoms. The van der Waals surface area contributed by atoms with E-state index in [1.165, 1.54) is 43.2 Å². The Morgan fingerprint density at radius 1 is 1.06 bits per heavy atom. The third kappa shape index (κ3) is 2.36. The topological polar surface area (TPSA) is 17.1 Å². The van der Waals surface area contributed by atoms with Crippen LogP contribution in [0, 0.1) is 5.92 Å². The lowest BCUT2D eigenvalue weighted by Crippen LogP contribution is -2.18. The van der Waals surface area contributed by atoms with Gasteiger partial charge in [-0.2, -0.15) is 0 Å². The molecule has 1 aromatic rings. The lowest BCUT2D eigenvalue weighted by Gasteiger charge is -2.25. The van der Waals surface area contributed by atoms with Gasteiger partial charge in [0.05, 0.1) is 0 Å². The van der Waals surface area contributed by atoms with Crippen LogP contribution in [0.15, 0.2) is 24.3 Å². The van der Waals surface area contributed by atoms with Crippen LogP contribution in [-0.4, -0.2) is 5.78 Å². The van der Waals surface area contributed by atoms with Crippen molar-refractivity contribution in [2.45, 2.75) is 57.3 Å². The lowest BCUT2D eigenvalue weighted by molar-refractivity contribution is -0.123. The van der Waals surface area contributed by atoms with E-state index in [0.29, 0.717) is 17.6 Å². The van der Waals surface area contributed by atoms with Crippen LogP contribution in [0.1, 0.15) is 62.0 Å². The van der Waals surface area contributed by atoms with Gasteiger partial charge in [-0.05, 0) is 49.1 Å². The summed E-state index contributed by atoms with van der Waals surface area (Å²) in [5.41, 5.74) is 2.93. The van der Waals surface area contributed by atoms with E-state index in [4.69, 9.17) is 0 Å². The molecule has 0 amide bonds. The average Bonchev–Trinajstić information content (AvgIpc) is 2.93. The summed E-state index contributed by atoms with van der Waals surface area (Å²) < 4.78 is 0. The Morgan fingerprint density at radius 3 is 2.67 bits per heavy atom. The van der Waals surface area contributed by atoms with Crippen LogP contribution in [0.5, 0.6) is 0 Å². The van der Waals surface area contributed by atoms with E-state index in [-0.39, 0.29) is 0 Å². The first-order valence-corrected chi connectivity index (χ1v) is 7.45. The third-order valence-corrected chi connectivity index (χ3v) is 4.75. The van der Waals surface area contributed by atoms with Crippen molar-refractivity contribution in [2.75, 3.05) is 0 Å². The van der Waals surface area contributed by atoms with E-state index in [1.54, 1.807) is 0 Å². The predicted octanol–water partition coefficient (Wildman–Crippen LogP) is 4.26. The maximum atomic E-state index is 12.3. The second-order valence-corrected chi connectivity index (χ2v) is 5.94. The van der Waals surface area contributed by atoms with Crippen LogP contribution in [0.25, 0.3) is 0 Å². The minimum Gasteiger partial charge on any atom is -0.299 e. The summed E-state index contributed by atoms with van der Waals surface area (Å²) in [5.74, 6) is 1.43. The predicted molar refractivity (Wildman–Crippen MR) is 73.7 cm³/mol. The summed E-state index contributed by atoms with van der Waals surface area (Å²) in [6.45, 7) is 0. The molecular formula is C17H22O. The summed E-state index contributed by atoms with van der Waals surface area (Å²) in [7, 11) is 0. The molecule has 2 aliphatic rings. The van der Waals surface area contributed by atoms with E-state index in [1.807, 2.05) is 0 Å². The Kier molecular flexibility index (Phi) is 3.49. The number of fused-ring (bicyclic) bond motifs is 1. The number of benzene rings is 1. The molecule has 0 spiro atoms. The molecule has 18 heavy (non-hydrogen) atoms. The molecule has 0 heterocycles. The Bertz CT molecular complexity index is 429. The zero-order valence-electron chi connectivity index (χ0n) is 11.0. The number of rotatable bonds is 3. The summed E-state index contributed by atoms with van der Waals surface area (Å²) in [6.07, 6.45) is 9.26. The van der Waals surface area contributed by atoms with Gasteiger partial charge in [0, 0.05) is 12.3 Å². The second kappa shape index (κ2) is 5.26. The molecule has 1 aromatic carbocycles. The fraction of sp³-hybridized carbons (Fsp3) is 0.588. The first-order valence-electron chi connectivity index (χ1n) is 7.45. The van der Waals surface area contributed by atoms with Gasteiger partial charge in [0.15, 0.2) is 0 Å². The van der Waals surface area contributed by atoms with Crippen LogP contribution in [-0.2, 0) is 11.2 Å². The molecule has 2 aliphatic carbocycles.